The molecule has 0 bridgehead atoms. The summed E-state index contributed by atoms with van der Waals surface area (Å²) in [5.74, 6) is -0.254. The molecule has 8 nitrogen and oxygen atoms in total. The van der Waals surface area contributed by atoms with Gasteiger partial charge in [0, 0.05) is 55.7 Å². The van der Waals surface area contributed by atoms with Gasteiger partial charge in [-0.1, -0.05) is 18.2 Å². The van der Waals surface area contributed by atoms with Gasteiger partial charge in [-0.25, -0.2) is 9.37 Å². The predicted molar refractivity (Wildman–Crippen MR) is 125 cm³/mol. The van der Waals surface area contributed by atoms with Gasteiger partial charge in [-0.3, -0.25) is 9.59 Å². The Labute approximate surface area is 191 Å². The number of nitrogen functional groups attached to an aromatic ring is 1. The van der Waals surface area contributed by atoms with Crippen molar-refractivity contribution in [2.75, 3.05) is 41.7 Å². The number of nitrogens with zero attached hydrogens (tertiary/aromatic N) is 4. The first kappa shape index (κ1) is 22.2. The van der Waals surface area contributed by atoms with E-state index in [1.54, 1.807) is 25.1 Å². The minimum Gasteiger partial charge on any atom is -0.383 e. The number of carbonyl (C=O) groups is 2. The van der Waals surface area contributed by atoms with E-state index in [1.165, 1.54) is 12.3 Å². The highest BCUT2D eigenvalue weighted by Gasteiger charge is 2.21. The van der Waals surface area contributed by atoms with E-state index in [0.29, 0.717) is 30.2 Å². The van der Waals surface area contributed by atoms with E-state index in [9.17, 15) is 14.0 Å². The Morgan fingerprint density at radius 1 is 1.03 bits per heavy atom. The number of nitrogens with one attached hydrogen (secondary N) is 1. The average Bonchev–Trinajstić information content (AvgIpc) is 2.83. The highest BCUT2D eigenvalue weighted by atomic mass is 19.1. The largest absolute Gasteiger partial charge is 0.383 e. The summed E-state index contributed by atoms with van der Waals surface area (Å²) in [5, 5.41) is 2.65. The lowest BCUT2D eigenvalue weighted by atomic mass is 10.1. The summed E-state index contributed by atoms with van der Waals surface area (Å²) in [5.41, 5.74) is 8.32. The Balaban J connectivity index is 1.35. The minimum atomic E-state index is -0.457. The van der Waals surface area contributed by atoms with Gasteiger partial charge in [0.2, 0.25) is 5.95 Å². The van der Waals surface area contributed by atoms with Crippen molar-refractivity contribution in [1.82, 2.24) is 15.3 Å². The van der Waals surface area contributed by atoms with Gasteiger partial charge >= 0.3 is 0 Å². The number of hydrogen-bond acceptors (Lipinski definition) is 7. The van der Waals surface area contributed by atoms with Crippen LogP contribution in [-0.4, -0.2) is 47.8 Å². The smallest absolute Gasteiger partial charge is 0.256 e. The molecule has 0 unspecified atom stereocenters. The molecule has 3 aromatic rings. The van der Waals surface area contributed by atoms with E-state index in [2.05, 4.69) is 20.2 Å². The number of rotatable bonds is 6. The zero-order chi connectivity index (χ0) is 23.4. The Kier molecular flexibility index (Phi) is 6.48. The molecule has 1 aromatic heterocycles. The third-order valence-electron chi connectivity index (χ3n) is 5.65. The Morgan fingerprint density at radius 3 is 2.33 bits per heavy atom. The van der Waals surface area contributed by atoms with Crippen molar-refractivity contribution >= 4 is 29.1 Å². The van der Waals surface area contributed by atoms with Gasteiger partial charge in [0.25, 0.3) is 5.91 Å². The summed E-state index contributed by atoms with van der Waals surface area (Å²) < 4.78 is 13.7. The van der Waals surface area contributed by atoms with Crippen molar-refractivity contribution in [2.45, 2.75) is 13.5 Å². The fourth-order valence-corrected chi connectivity index (χ4v) is 3.70. The van der Waals surface area contributed by atoms with Crippen LogP contribution < -0.4 is 20.9 Å². The molecule has 0 saturated carbocycles. The molecule has 0 radical (unpaired) electrons. The molecule has 1 saturated heterocycles. The molecule has 0 spiro atoms. The number of nitrogens with two attached hydrogens (primary N) is 1. The van der Waals surface area contributed by atoms with Crippen molar-refractivity contribution in [3.05, 3.63) is 77.2 Å². The van der Waals surface area contributed by atoms with Crippen LogP contribution in [0.4, 0.5) is 21.8 Å². The molecule has 170 valence electrons. The quantitative estimate of drug-likeness (QED) is 0.559. The van der Waals surface area contributed by atoms with Gasteiger partial charge in [-0.05, 0) is 37.3 Å². The number of hydrogen-bond donors (Lipinski definition) is 2. The first-order valence-corrected chi connectivity index (χ1v) is 10.7. The molecule has 1 aliphatic rings. The van der Waals surface area contributed by atoms with Crippen LogP contribution in [0.1, 0.15) is 33.2 Å². The van der Waals surface area contributed by atoms with E-state index < -0.39 is 5.91 Å². The van der Waals surface area contributed by atoms with E-state index >= 15 is 0 Å². The van der Waals surface area contributed by atoms with Gasteiger partial charge in [0.1, 0.15) is 11.6 Å². The summed E-state index contributed by atoms with van der Waals surface area (Å²) in [4.78, 5) is 36.8. The van der Waals surface area contributed by atoms with Gasteiger partial charge < -0.3 is 20.9 Å². The number of amides is 1. The van der Waals surface area contributed by atoms with Crippen LogP contribution >= 0.6 is 0 Å². The highest BCUT2D eigenvalue weighted by Crippen LogP contribution is 2.20. The van der Waals surface area contributed by atoms with E-state index in [4.69, 9.17) is 5.73 Å². The van der Waals surface area contributed by atoms with Crippen molar-refractivity contribution in [3.63, 3.8) is 0 Å². The zero-order valence-electron chi connectivity index (χ0n) is 18.3. The van der Waals surface area contributed by atoms with Crippen molar-refractivity contribution in [2.24, 2.45) is 0 Å². The summed E-state index contributed by atoms with van der Waals surface area (Å²) >= 11 is 0. The minimum absolute atomic E-state index is 0.0437. The fraction of sp³-hybridized carbons (Fsp3) is 0.250. The predicted octanol–water partition coefficient (Wildman–Crippen LogP) is 2.66. The number of anilines is 3. The zero-order valence-corrected chi connectivity index (χ0v) is 18.3. The maximum absolute atomic E-state index is 13.7. The van der Waals surface area contributed by atoms with Gasteiger partial charge in [-0.15, -0.1) is 0 Å². The van der Waals surface area contributed by atoms with Crippen LogP contribution in [0.25, 0.3) is 0 Å². The third-order valence-corrected chi connectivity index (χ3v) is 5.65. The number of benzene rings is 2. The van der Waals surface area contributed by atoms with Gasteiger partial charge in [0.05, 0.1) is 5.56 Å². The average molecular weight is 449 g/mol. The molecule has 1 aliphatic heterocycles. The molecule has 1 fully saturated rings. The van der Waals surface area contributed by atoms with Crippen LogP contribution in [0.5, 0.6) is 0 Å². The summed E-state index contributed by atoms with van der Waals surface area (Å²) in [6, 6.07) is 13.8. The van der Waals surface area contributed by atoms with Crippen molar-refractivity contribution in [1.29, 1.82) is 0 Å². The topological polar surface area (TPSA) is 104 Å². The van der Waals surface area contributed by atoms with Gasteiger partial charge in [0.15, 0.2) is 5.78 Å². The molecule has 3 N–H and O–H groups in total. The number of ketones is 1. The third kappa shape index (κ3) is 5.08. The van der Waals surface area contributed by atoms with E-state index in [0.717, 1.165) is 18.8 Å². The Morgan fingerprint density at radius 2 is 1.70 bits per heavy atom. The number of halogens is 1. The number of piperazine rings is 1. The molecule has 1 amide bonds. The summed E-state index contributed by atoms with van der Waals surface area (Å²) in [7, 11) is 0. The maximum atomic E-state index is 13.7. The molecule has 0 aliphatic carbocycles. The maximum Gasteiger partial charge on any atom is 0.256 e. The Bertz CT molecular complexity index is 1160. The second-order valence-electron chi connectivity index (χ2n) is 7.82. The second-order valence-corrected chi connectivity index (χ2v) is 7.82. The summed E-state index contributed by atoms with van der Waals surface area (Å²) in [6.07, 6.45) is 1.40. The molecular weight excluding hydrogens is 423 g/mol. The molecule has 4 rings (SSSR count). The van der Waals surface area contributed by atoms with E-state index in [1.807, 2.05) is 29.2 Å². The van der Waals surface area contributed by atoms with Crippen molar-refractivity contribution < 1.29 is 14.0 Å². The number of carbonyl (C=O) groups excluding carboxylic acids is 2. The highest BCUT2D eigenvalue weighted by molar-refractivity contribution is 5.98. The molecule has 2 heterocycles. The van der Waals surface area contributed by atoms with E-state index in [-0.39, 0.29) is 29.5 Å². The lowest BCUT2D eigenvalue weighted by Crippen LogP contribution is -2.47. The van der Waals surface area contributed by atoms with Crippen LogP contribution in [0.15, 0.2) is 54.7 Å². The van der Waals surface area contributed by atoms with Crippen LogP contribution in [0, 0.1) is 5.82 Å². The standard InChI is InChI=1S/C24H25FN6O2/c1-16(32)17-6-8-19(9-7-17)30-10-12-31(13-11-30)24-28-15-20(22(26)29-24)23(33)27-14-18-4-2-3-5-21(18)25/h2-9,15H,10-14H2,1H3,(H,27,33)(H2,26,28,29). The SMILES string of the molecule is CC(=O)c1ccc(N2CCN(c3ncc(C(=O)NCc4ccccc4F)c(N)n3)CC2)cc1. The van der Waals surface area contributed by atoms with Crippen molar-refractivity contribution in [3.8, 4) is 0 Å². The second kappa shape index (κ2) is 9.64. The molecule has 0 atom stereocenters. The molecule has 2 aromatic carbocycles. The number of Topliss-reactive ketones (excluding diaryl/α,β-unsaturated/α-hetero) is 1. The molecular formula is C24H25FN6O2. The molecule has 33 heavy (non-hydrogen) atoms. The van der Waals surface area contributed by atoms with Crippen LogP contribution in [0.3, 0.4) is 0 Å². The first-order chi connectivity index (χ1) is 15.9. The summed E-state index contributed by atoms with van der Waals surface area (Å²) in [6.45, 7) is 4.49. The lowest BCUT2D eigenvalue weighted by Gasteiger charge is -2.36. The fourth-order valence-electron chi connectivity index (χ4n) is 3.70. The van der Waals surface area contributed by atoms with Gasteiger partial charge in [-0.2, -0.15) is 4.98 Å². The monoisotopic (exact) mass is 448 g/mol. The number of aromatic nitrogens is 2. The normalized spacial score (nSPS) is 13.6. The van der Waals surface area contributed by atoms with Crippen LogP contribution in [0.2, 0.25) is 0 Å². The lowest BCUT2D eigenvalue weighted by molar-refractivity contribution is 0.0949. The molecule has 9 heteroatoms. The Hall–Kier alpha value is -4.01. The first-order valence-electron chi connectivity index (χ1n) is 10.7. The van der Waals surface area contributed by atoms with Crippen LogP contribution in [-0.2, 0) is 6.54 Å².